The summed E-state index contributed by atoms with van der Waals surface area (Å²) in [6.45, 7) is 0. The van der Waals surface area contributed by atoms with E-state index in [0.29, 0.717) is 10.8 Å². The maximum atomic E-state index is 10.8. The van der Waals surface area contributed by atoms with Crippen LogP contribution in [0.4, 0.5) is 0 Å². The molecular weight excluding hydrogens is 164 g/mol. The van der Waals surface area contributed by atoms with Crippen LogP contribution in [0.1, 0.15) is 0 Å². The van der Waals surface area contributed by atoms with E-state index < -0.39 is 10.8 Å². The lowest BCUT2D eigenvalue weighted by molar-refractivity contribution is 0.332. The first-order valence-corrected chi connectivity index (χ1v) is 4.46. The van der Waals surface area contributed by atoms with Gasteiger partial charge >= 0.3 is 0 Å². The SMILES string of the molecule is CS(=O)c1ccc(ON)cn1. The van der Waals surface area contributed by atoms with E-state index in [1.807, 2.05) is 0 Å². The van der Waals surface area contributed by atoms with Gasteiger partial charge in [0, 0.05) is 6.26 Å². The second kappa shape index (κ2) is 3.45. The van der Waals surface area contributed by atoms with Crippen LogP contribution in [0.25, 0.3) is 0 Å². The Bertz CT molecular complexity index is 260. The molecule has 0 bridgehead atoms. The predicted octanol–water partition coefficient (Wildman–Crippen LogP) is 0.0715. The third-order valence-corrected chi connectivity index (χ3v) is 1.97. The first-order valence-electron chi connectivity index (χ1n) is 2.90. The summed E-state index contributed by atoms with van der Waals surface area (Å²) in [5.41, 5.74) is 0. The summed E-state index contributed by atoms with van der Waals surface area (Å²) in [5, 5.41) is 0.519. The van der Waals surface area contributed by atoms with E-state index >= 15 is 0 Å². The fourth-order valence-corrected chi connectivity index (χ4v) is 1.07. The summed E-state index contributed by atoms with van der Waals surface area (Å²) in [5.74, 6) is 5.32. The van der Waals surface area contributed by atoms with Crippen LogP contribution in [-0.2, 0) is 10.8 Å². The molecule has 0 fully saturated rings. The van der Waals surface area contributed by atoms with E-state index in [1.54, 1.807) is 18.4 Å². The summed E-state index contributed by atoms with van der Waals surface area (Å²) in [7, 11) is -1.05. The Morgan fingerprint density at radius 3 is 2.73 bits per heavy atom. The first-order chi connectivity index (χ1) is 5.24. The van der Waals surface area contributed by atoms with Gasteiger partial charge in [-0.2, -0.15) is 5.90 Å². The molecule has 1 atom stereocenters. The molecule has 0 aliphatic heterocycles. The van der Waals surface area contributed by atoms with E-state index in [0.717, 1.165) is 0 Å². The fourth-order valence-electron chi connectivity index (χ4n) is 0.606. The van der Waals surface area contributed by atoms with Gasteiger partial charge in [0.05, 0.1) is 17.0 Å². The third kappa shape index (κ3) is 1.99. The highest BCUT2D eigenvalue weighted by Crippen LogP contribution is 2.08. The van der Waals surface area contributed by atoms with Gasteiger partial charge in [0.25, 0.3) is 0 Å². The standard InChI is InChI=1S/C6H8N2O2S/c1-11(9)6-3-2-5(10-7)4-8-6/h2-4H,7H2,1H3. The summed E-state index contributed by atoms with van der Waals surface area (Å²) < 4.78 is 10.8. The van der Waals surface area contributed by atoms with Crippen LogP contribution in [0.3, 0.4) is 0 Å². The molecule has 5 heteroatoms. The second-order valence-electron chi connectivity index (χ2n) is 1.90. The molecule has 0 amide bonds. The molecule has 11 heavy (non-hydrogen) atoms. The van der Waals surface area contributed by atoms with E-state index in [9.17, 15) is 4.21 Å². The third-order valence-electron chi connectivity index (χ3n) is 1.14. The topological polar surface area (TPSA) is 65.2 Å². The Labute approximate surface area is 66.8 Å². The van der Waals surface area contributed by atoms with Crippen molar-refractivity contribution in [2.24, 2.45) is 5.90 Å². The molecule has 60 valence electrons. The van der Waals surface area contributed by atoms with Gasteiger partial charge in [-0.25, -0.2) is 4.98 Å². The Balaban J connectivity index is 2.91. The number of pyridine rings is 1. The molecule has 1 aromatic heterocycles. The van der Waals surface area contributed by atoms with Gasteiger partial charge in [-0.05, 0) is 12.1 Å². The van der Waals surface area contributed by atoms with Gasteiger partial charge in [0.15, 0.2) is 5.75 Å². The Morgan fingerprint density at radius 1 is 1.64 bits per heavy atom. The minimum absolute atomic E-state index is 0.458. The maximum Gasteiger partial charge on any atom is 0.165 e. The van der Waals surface area contributed by atoms with E-state index in [1.165, 1.54) is 6.20 Å². The van der Waals surface area contributed by atoms with Crippen molar-refractivity contribution >= 4 is 10.8 Å². The van der Waals surface area contributed by atoms with Gasteiger partial charge in [-0.15, -0.1) is 0 Å². The molecule has 0 spiro atoms. The molecule has 1 rings (SSSR count). The van der Waals surface area contributed by atoms with E-state index in [2.05, 4.69) is 9.82 Å². The van der Waals surface area contributed by atoms with Crippen LogP contribution in [0.5, 0.6) is 5.75 Å². The normalized spacial score (nSPS) is 12.5. The van der Waals surface area contributed by atoms with Gasteiger partial charge in [-0.3, -0.25) is 4.21 Å². The molecule has 0 saturated carbocycles. The molecule has 1 heterocycles. The number of hydrogen-bond acceptors (Lipinski definition) is 4. The zero-order valence-electron chi connectivity index (χ0n) is 5.98. The Kier molecular flexibility index (Phi) is 2.56. The van der Waals surface area contributed by atoms with Crippen LogP contribution in [0, 0.1) is 0 Å². The van der Waals surface area contributed by atoms with Gasteiger partial charge in [0.1, 0.15) is 5.03 Å². The molecule has 1 unspecified atom stereocenters. The van der Waals surface area contributed by atoms with Gasteiger partial charge < -0.3 is 4.84 Å². The molecule has 0 aliphatic rings. The monoisotopic (exact) mass is 172 g/mol. The van der Waals surface area contributed by atoms with Crippen LogP contribution in [0.2, 0.25) is 0 Å². The average Bonchev–Trinajstić information content (AvgIpc) is 2.05. The summed E-state index contributed by atoms with van der Waals surface area (Å²) in [6.07, 6.45) is 2.99. The van der Waals surface area contributed by atoms with Crippen LogP contribution >= 0.6 is 0 Å². The second-order valence-corrected chi connectivity index (χ2v) is 3.23. The number of rotatable bonds is 2. The number of hydrogen-bond donors (Lipinski definition) is 1. The van der Waals surface area contributed by atoms with Crippen molar-refractivity contribution in [3.8, 4) is 5.75 Å². The quantitative estimate of drug-likeness (QED) is 0.641. The zero-order valence-corrected chi connectivity index (χ0v) is 6.80. The van der Waals surface area contributed by atoms with Crippen LogP contribution in [-0.4, -0.2) is 15.4 Å². The van der Waals surface area contributed by atoms with Crippen molar-refractivity contribution in [2.45, 2.75) is 5.03 Å². The average molecular weight is 172 g/mol. The Hall–Kier alpha value is -0.940. The predicted molar refractivity (Wildman–Crippen MR) is 41.4 cm³/mol. The molecule has 1 aromatic rings. The highest BCUT2D eigenvalue weighted by molar-refractivity contribution is 7.84. The van der Waals surface area contributed by atoms with Crippen molar-refractivity contribution in [3.05, 3.63) is 18.3 Å². The molecular formula is C6H8N2O2S. The Morgan fingerprint density at radius 2 is 2.36 bits per heavy atom. The summed E-state index contributed by atoms with van der Waals surface area (Å²) in [6, 6.07) is 3.22. The molecule has 0 saturated heterocycles. The zero-order chi connectivity index (χ0) is 8.27. The number of nitrogens with zero attached hydrogens (tertiary/aromatic N) is 1. The number of nitrogens with two attached hydrogens (primary N) is 1. The lowest BCUT2D eigenvalue weighted by Gasteiger charge is -1.97. The van der Waals surface area contributed by atoms with Gasteiger partial charge in [0.2, 0.25) is 0 Å². The van der Waals surface area contributed by atoms with Crippen molar-refractivity contribution in [1.82, 2.24) is 4.98 Å². The molecule has 2 N–H and O–H groups in total. The fraction of sp³-hybridized carbons (Fsp3) is 0.167. The van der Waals surface area contributed by atoms with Crippen LogP contribution < -0.4 is 10.7 Å². The minimum atomic E-state index is -1.05. The van der Waals surface area contributed by atoms with E-state index in [-0.39, 0.29) is 0 Å². The highest BCUT2D eigenvalue weighted by atomic mass is 32.2. The largest absolute Gasteiger partial charge is 0.410 e. The van der Waals surface area contributed by atoms with Crippen molar-refractivity contribution in [2.75, 3.05) is 6.26 Å². The molecule has 0 radical (unpaired) electrons. The number of aromatic nitrogens is 1. The van der Waals surface area contributed by atoms with Crippen molar-refractivity contribution < 1.29 is 9.05 Å². The molecule has 0 aromatic carbocycles. The van der Waals surface area contributed by atoms with Crippen LogP contribution in [0.15, 0.2) is 23.4 Å². The summed E-state index contributed by atoms with van der Waals surface area (Å²) in [4.78, 5) is 8.23. The maximum absolute atomic E-state index is 10.8. The first kappa shape index (κ1) is 8.16. The minimum Gasteiger partial charge on any atom is -0.410 e. The van der Waals surface area contributed by atoms with E-state index in [4.69, 9.17) is 5.90 Å². The highest BCUT2D eigenvalue weighted by Gasteiger charge is 1.98. The van der Waals surface area contributed by atoms with Crippen molar-refractivity contribution in [3.63, 3.8) is 0 Å². The van der Waals surface area contributed by atoms with Gasteiger partial charge in [-0.1, -0.05) is 0 Å². The lowest BCUT2D eigenvalue weighted by Crippen LogP contribution is -2.02. The van der Waals surface area contributed by atoms with Crippen molar-refractivity contribution in [1.29, 1.82) is 0 Å². The lowest BCUT2D eigenvalue weighted by atomic mass is 10.5. The molecule has 0 aliphatic carbocycles. The smallest absolute Gasteiger partial charge is 0.165 e. The summed E-state index contributed by atoms with van der Waals surface area (Å²) >= 11 is 0. The molecule has 4 nitrogen and oxygen atoms in total.